The molecule has 1 aromatic heterocycles. The lowest BCUT2D eigenvalue weighted by atomic mass is 10.1. The van der Waals surface area contributed by atoms with Gasteiger partial charge in [0.2, 0.25) is 11.1 Å². The van der Waals surface area contributed by atoms with Gasteiger partial charge in [-0.2, -0.15) is 5.10 Å². The number of esters is 1. The van der Waals surface area contributed by atoms with Gasteiger partial charge < -0.3 is 4.74 Å². The van der Waals surface area contributed by atoms with Crippen molar-refractivity contribution >= 4 is 5.97 Å². The normalized spacial score (nSPS) is 10.5. The van der Waals surface area contributed by atoms with Gasteiger partial charge in [0.25, 0.3) is 0 Å². The molecule has 2 aromatic rings. The van der Waals surface area contributed by atoms with E-state index in [1.54, 1.807) is 19.9 Å². The van der Waals surface area contributed by atoms with Crippen LogP contribution in [0.15, 0.2) is 29.2 Å². The maximum absolute atomic E-state index is 13.4. The third-order valence-corrected chi connectivity index (χ3v) is 3.17. The molecule has 1 heterocycles. The van der Waals surface area contributed by atoms with Crippen LogP contribution in [0.5, 0.6) is 0 Å². The van der Waals surface area contributed by atoms with Crippen molar-refractivity contribution in [3.05, 3.63) is 57.3 Å². The summed E-state index contributed by atoms with van der Waals surface area (Å²) in [5.41, 5.74) is 0.879. The van der Waals surface area contributed by atoms with E-state index >= 15 is 0 Å². The van der Waals surface area contributed by atoms with Gasteiger partial charge in [-0.25, -0.2) is 13.9 Å². The quantitative estimate of drug-likeness (QED) is 0.811. The molecular weight excluding hydrogens is 275 g/mol. The van der Waals surface area contributed by atoms with Gasteiger partial charge in [0.05, 0.1) is 12.8 Å². The largest absolute Gasteiger partial charge is 0.464 e. The Balaban J connectivity index is 2.72. The summed E-state index contributed by atoms with van der Waals surface area (Å²) in [5.74, 6) is -1.23. The lowest BCUT2D eigenvalue weighted by Crippen LogP contribution is -2.25. The second-order valence-corrected chi connectivity index (χ2v) is 4.55. The summed E-state index contributed by atoms with van der Waals surface area (Å²) in [5, 5.41) is 3.99. The standard InChI is InChI=1S/C15H15FN2O3/c1-4-10-8-18(12-7-11(16)6-5-9(12)2)17-13(14(10)19)15(20)21-3/h5-8H,4H2,1-3H3. The Bertz CT molecular complexity index is 753. The first-order valence-corrected chi connectivity index (χ1v) is 6.45. The predicted molar refractivity (Wildman–Crippen MR) is 75.2 cm³/mol. The fourth-order valence-corrected chi connectivity index (χ4v) is 1.98. The van der Waals surface area contributed by atoms with Crippen molar-refractivity contribution in [2.75, 3.05) is 7.11 Å². The Morgan fingerprint density at radius 2 is 2.14 bits per heavy atom. The Hall–Kier alpha value is -2.50. The molecule has 0 saturated carbocycles. The topological polar surface area (TPSA) is 61.2 Å². The fraction of sp³-hybridized carbons (Fsp3) is 0.267. The molecular formula is C15H15FN2O3. The lowest BCUT2D eigenvalue weighted by molar-refractivity contribution is 0.0590. The number of aryl methyl sites for hydroxylation is 2. The van der Waals surface area contributed by atoms with Crippen LogP contribution in [0, 0.1) is 12.7 Å². The molecule has 0 N–H and O–H groups in total. The van der Waals surface area contributed by atoms with Crippen LogP contribution in [0.3, 0.4) is 0 Å². The summed E-state index contributed by atoms with van der Waals surface area (Å²) >= 11 is 0. The Morgan fingerprint density at radius 1 is 1.43 bits per heavy atom. The van der Waals surface area contributed by atoms with E-state index in [-0.39, 0.29) is 5.69 Å². The number of methoxy groups -OCH3 is 1. The number of benzene rings is 1. The van der Waals surface area contributed by atoms with E-state index in [1.807, 2.05) is 0 Å². The second kappa shape index (κ2) is 5.87. The highest BCUT2D eigenvalue weighted by molar-refractivity contribution is 5.87. The van der Waals surface area contributed by atoms with Crippen molar-refractivity contribution in [1.82, 2.24) is 9.78 Å². The smallest absolute Gasteiger partial charge is 0.362 e. The van der Waals surface area contributed by atoms with E-state index in [0.717, 1.165) is 5.56 Å². The van der Waals surface area contributed by atoms with Gasteiger partial charge >= 0.3 is 5.97 Å². The number of halogens is 1. The molecule has 1 aromatic carbocycles. The van der Waals surface area contributed by atoms with Crippen LogP contribution in [0.1, 0.15) is 28.5 Å². The number of aromatic nitrogens is 2. The number of hydrogen-bond acceptors (Lipinski definition) is 4. The van der Waals surface area contributed by atoms with Crippen LogP contribution in [0.25, 0.3) is 5.69 Å². The van der Waals surface area contributed by atoms with Crippen molar-refractivity contribution < 1.29 is 13.9 Å². The molecule has 2 rings (SSSR count). The lowest BCUT2D eigenvalue weighted by Gasteiger charge is -2.11. The van der Waals surface area contributed by atoms with Crippen LogP contribution in [0.2, 0.25) is 0 Å². The average Bonchev–Trinajstić information content (AvgIpc) is 2.49. The molecule has 6 heteroatoms. The van der Waals surface area contributed by atoms with Crippen molar-refractivity contribution in [3.63, 3.8) is 0 Å². The number of hydrogen-bond donors (Lipinski definition) is 0. The summed E-state index contributed by atoms with van der Waals surface area (Å²) in [7, 11) is 1.18. The van der Waals surface area contributed by atoms with Gasteiger partial charge in [-0.1, -0.05) is 13.0 Å². The third-order valence-electron chi connectivity index (χ3n) is 3.17. The van der Waals surface area contributed by atoms with Gasteiger partial charge in [0.1, 0.15) is 5.82 Å². The highest BCUT2D eigenvalue weighted by Crippen LogP contribution is 2.15. The van der Waals surface area contributed by atoms with E-state index in [2.05, 4.69) is 9.84 Å². The van der Waals surface area contributed by atoms with E-state index in [9.17, 15) is 14.0 Å². The molecule has 0 aliphatic heterocycles. The first kappa shape index (κ1) is 14.9. The zero-order valence-corrected chi connectivity index (χ0v) is 12.0. The highest BCUT2D eigenvalue weighted by atomic mass is 19.1. The minimum absolute atomic E-state index is 0.305. The Morgan fingerprint density at radius 3 is 2.76 bits per heavy atom. The third kappa shape index (κ3) is 2.84. The Labute approximate surface area is 121 Å². The molecule has 0 aliphatic carbocycles. The summed E-state index contributed by atoms with van der Waals surface area (Å²) < 4.78 is 19.3. The number of rotatable bonds is 3. The molecule has 0 aliphatic rings. The first-order valence-electron chi connectivity index (χ1n) is 6.45. The highest BCUT2D eigenvalue weighted by Gasteiger charge is 2.17. The number of nitrogens with zero attached hydrogens (tertiary/aromatic N) is 2. The molecule has 0 unspecified atom stereocenters. The monoisotopic (exact) mass is 290 g/mol. The molecule has 0 bridgehead atoms. The van der Waals surface area contributed by atoms with Crippen molar-refractivity contribution in [3.8, 4) is 5.69 Å². The SMILES string of the molecule is CCc1cn(-c2cc(F)ccc2C)nc(C(=O)OC)c1=O. The zero-order valence-electron chi connectivity index (χ0n) is 12.0. The van der Waals surface area contributed by atoms with Crippen LogP contribution >= 0.6 is 0 Å². The molecule has 5 nitrogen and oxygen atoms in total. The first-order chi connectivity index (χ1) is 9.97. The Kier molecular flexibility index (Phi) is 4.16. The predicted octanol–water partition coefficient (Wildman–Crippen LogP) is 2.03. The van der Waals surface area contributed by atoms with E-state index < -0.39 is 17.2 Å². The van der Waals surface area contributed by atoms with Crippen LogP contribution in [-0.2, 0) is 11.2 Å². The molecule has 110 valence electrons. The zero-order chi connectivity index (χ0) is 15.6. The maximum Gasteiger partial charge on any atom is 0.362 e. The van der Waals surface area contributed by atoms with Gasteiger partial charge in [-0.15, -0.1) is 0 Å². The second-order valence-electron chi connectivity index (χ2n) is 4.55. The van der Waals surface area contributed by atoms with Gasteiger partial charge in [0, 0.05) is 11.8 Å². The maximum atomic E-state index is 13.4. The minimum Gasteiger partial charge on any atom is -0.464 e. The number of carbonyl (C=O) groups is 1. The molecule has 0 saturated heterocycles. The van der Waals surface area contributed by atoms with Crippen molar-refractivity contribution in [1.29, 1.82) is 0 Å². The van der Waals surface area contributed by atoms with Crippen LogP contribution in [-0.4, -0.2) is 22.9 Å². The molecule has 0 amide bonds. The van der Waals surface area contributed by atoms with Gasteiger partial charge in [-0.3, -0.25) is 4.79 Å². The molecule has 0 fully saturated rings. The summed E-state index contributed by atoms with van der Waals surface area (Å²) in [4.78, 5) is 23.8. The minimum atomic E-state index is -0.807. The molecule has 0 radical (unpaired) electrons. The van der Waals surface area contributed by atoms with E-state index in [4.69, 9.17) is 0 Å². The van der Waals surface area contributed by atoms with Crippen molar-refractivity contribution in [2.45, 2.75) is 20.3 Å². The fourth-order valence-electron chi connectivity index (χ4n) is 1.98. The summed E-state index contributed by atoms with van der Waals surface area (Å²) in [6, 6.07) is 4.24. The molecule has 0 spiro atoms. The molecule has 0 atom stereocenters. The number of ether oxygens (including phenoxy) is 1. The summed E-state index contributed by atoms with van der Waals surface area (Å²) in [6.45, 7) is 3.58. The molecule has 21 heavy (non-hydrogen) atoms. The van der Waals surface area contributed by atoms with Gasteiger partial charge in [0.15, 0.2) is 0 Å². The average molecular weight is 290 g/mol. The summed E-state index contributed by atoms with van der Waals surface area (Å²) in [6.07, 6.45) is 1.94. The van der Waals surface area contributed by atoms with E-state index in [0.29, 0.717) is 17.7 Å². The van der Waals surface area contributed by atoms with Crippen molar-refractivity contribution in [2.24, 2.45) is 0 Å². The number of carbonyl (C=O) groups excluding carboxylic acids is 1. The van der Waals surface area contributed by atoms with Crippen LogP contribution in [0.4, 0.5) is 4.39 Å². The van der Waals surface area contributed by atoms with E-state index in [1.165, 1.54) is 30.1 Å². The van der Waals surface area contributed by atoms with Crippen LogP contribution < -0.4 is 5.43 Å². The van der Waals surface area contributed by atoms with Gasteiger partial charge in [-0.05, 0) is 31.0 Å².